The monoisotopic (exact) mass is 232 g/mol. The summed E-state index contributed by atoms with van der Waals surface area (Å²) in [6.45, 7) is 5.99. The predicted molar refractivity (Wildman–Crippen MR) is 66.9 cm³/mol. The lowest BCUT2D eigenvalue weighted by atomic mass is 10.2. The molecule has 0 amide bonds. The van der Waals surface area contributed by atoms with E-state index in [4.69, 9.17) is 19.1 Å². The van der Waals surface area contributed by atoms with E-state index >= 15 is 0 Å². The van der Waals surface area contributed by atoms with Crippen molar-refractivity contribution in [1.82, 2.24) is 9.55 Å². The summed E-state index contributed by atoms with van der Waals surface area (Å²) in [5.74, 6) is 0. The van der Waals surface area contributed by atoms with Crippen LogP contribution in [-0.2, 0) is 6.54 Å². The van der Waals surface area contributed by atoms with Gasteiger partial charge in [-0.2, -0.15) is 0 Å². The van der Waals surface area contributed by atoms with Gasteiger partial charge in [0, 0.05) is 6.54 Å². The number of benzene rings is 1. The maximum Gasteiger partial charge on any atom is 0.262 e. The second-order valence-electron chi connectivity index (χ2n) is 3.57. The third-order valence-corrected chi connectivity index (χ3v) is 2.80. The number of nitrogens with zero attached hydrogens (tertiary/aromatic N) is 1. The van der Waals surface area contributed by atoms with Crippen LogP contribution in [0.3, 0.4) is 0 Å². The maximum atomic E-state index is 12.1. The summed E-state index contributed by atoms with van der Waals surface area (Å²) >= 11 is 5.15. The molecule has 2 radical (unpaired) electrons. The van der Waals surface area contributed by atoms with E-state index in [9.17, 15) is 4.79 Å². The van der Waals surface area contributed by atoms with Crippen LogP contribution in [0.5, 0.6) is 0 Å². The summed E-state index contributed by atoms with van der Waals surface area (Å²) in [6.07, 6.45) is 1.30. The first-order valence-corrected chi connectivity index (χ1v) is 5.57. The van der Waals surface area contributed by atoms with Gasteiger partial charge in [-0.15, -0.1) is 0 Å². The quantitative estimate of drug-likeness (QED) is 0.826. The third-order valence-electron chi connectivity index (χ3n) is 2.48. The second kappa shape index (κ2) is 4.61. The van der Waals surface area contributed by atoms with E-state index in [-0.39, 0.29) is 5.56 Å². The van der Waals surface area contributed by atoms with Gasteiger partial charge in [0.15, 0.2) is 4.77 Å². The number of aromatic nitrogens is 2. The Kier molecular flexibility index (Phi) is 3.19. The van der Waals surface area contributed by atoms with Crippen LogP contribution in [0.25, 0.3) is 10.9 Å². The topological polar surface area (TPSA) is 37.8 Å². The van der Waals surface area contributed by atoms with Crippen LogP contribution in [0, 0.1) is 11.7 Å². The van der Waals surface area contributed by atoms with Gasteiger partial charge in [-0.3, -0.25) is 9.36 Å². The first kappa shape index (κ1) is 11.1. The molecule has 1 aromatic heterocycles. The van der Waals surface area contributed by atoms with Crippen LogP contribution >= 0.6 is 12.2 Å². The van der Waals surface area contributed by atoms with Gasteiger partial charge in [-0.1, -0.05) is 12.1 Å². The zero-order chi connectivity index (χ0) is 11.5. The Balaban J connectivity index is 2.66. The van der Waals surface area contributed by atoms with Crippen LogP contribution in [0.1, 0.15) is 12.8 Å². The summed E-state index contributed by atoms with van der Waals surface area (Å²) in [5, 5.41) is 0.660. The lowest BCUT2D eigenvalue weighted by Crippen LogP contribution is -2.22. The summed E-state index contributed by atoms with van der Waals surface area (Å²) in [6, 6.07) is 7.35. The molecule has 0 aliphatic rings. The number of H-pyrrole nitrogens is 1. The number of hydrogen-bond acceptors (Lipinski definition) is 2. The molecule has 4 heteroatoms. The van der Waals surface area contributed by atoms with E-state index in [0.717, 1.165) is 11.9 Å². The molecule has 2 aromatic rings. The Morgan fingerprint density at radius 2 is 2.12 bits per heavy atom. The first-order valence-electron chi connectivity index (χ1n) is 5.16. The van der Waals surface area contributed by atoms with Gasteiger partial charge >= 0.3 is 0 Å². The summed E-state index contributed by atoms with van der Waals surface area (Å²) in [7, 11) is 0. The van der Waals surface area contributed by atoms with Crippen molar-refractivity contribution in [3.8, 4) is 0 Å². The fraction of sp³-hybridized carbons (Fsp3) is 0.250. The number of unbranched alkanes of at least 4 members (excludes halogenated alkanes) is 1. The molecule has 16 heavy (non-hydrogen) atoms. The molecule has 0 unspecified atom stereocenters. The molecule has 0 aliphatic carbocycles. The molecule has 0 bridgehead atoms. The van der Waals surface area contributed by atoms with Gasteiger partial charge in [0.1, 0.15) is 0 Å². The van der Waals surface area contributed by atoms with Gasteiger partial charge in [-0.25, -0.2) is 0 Å². The van der Waals surface area contributed by atoms with Gasteiger partial charge in [0.2, 0.25) is 0 Å². The molecule has 0 saturated carbocycles. The average molecular weight is 232 g/mol. The molecule has 0 fully saturated rings. The van der Waals surface area contributed by atoms with Crippen molar-refractivity contribution in [2.75, 3.05) is 0 Å². The SMILES string of the molecule is [CH]CCCn1c(=S)[nH]c2ccccc2c1=O. The van der Waals surface area contributed by atoms with Crippen LogP contribution in [0.2, 0.25) is 0 Å². The highest BCUT2D eigenvalue weighted by molar-refractivity contribution is 7.71. The highest BCUT2D eigenvalue weighted by Crippen LogP contribution is 2.06. The smallest absolute Gasteiger partial charge is 0.262 e. The van der Waals surface area contributed by atoms with Crippen LogP contribution in [-0.4, -0.2) is 9.55 Å². The van der Waals surface area contributed by atoms with E-state index in [1.54, 1.807) is 10.6 Å². The van der Waals surface area contributed by atoms with Crippen molar-refractivity contribution in [3.05, 3.63) is 46.3 Å². The van der Waals surface area contributed by atoms with Gasteiger partial charge in [-0.05, 0) is 44.1 Å². The van der Waals surface area contributed by atoms with Crippen molar-refractivity contribution in [2.45, 2.75) is 19.4 Å². The third kappa shape index (κ3) is 1.93. The lowest BCUT2D eigenvalue weighted by Gasteiger charge is -2.06. The molecule has 0 atom stereocenters. The molecule has 0 aliphatic heterocycles. The number of nitrogens with one attached hydrogen (secondary N) is 1. The summed E-state index contributed by atoms with van der Waals surface area (Å²) in [5.41, 5.74) is 0.731. The molecular formula is C12H12N2OS. The van der Waals surface area contributed by atoms with Crippen molar-refractivity contribution >= 4 is 23.1 Å². The van der Waals surface area contributed by atoms with E-state index in [2.05, 4.69) is 4.98 Å². The van der Waals surface area contributed by atoms with Gasteiger partial charge < -0.3 is 4.98 Å². The molecule has 1 heterocycles. The molecule has 0 spiro atoms. The molecule has 3 nitrogen and oxygen atoms in total. The Labute approximate surface area is 98.7 Å². The molecule has 0 saturated heterocycles. The Morgan fingerprint density at radius 1 is 1.38 bits per heavy atom. The number of aromatic amines is 1. The van der Waals surface area contributed by atoms with Crippen molar-refractivity contribution < 1.29 is 0 Å². The van der Waals surface area contributed by atoms with Crippen molar-refractivity contribution in [2.24, 2.45) is 0 Å². The molecule has 82 valence electrons. The molecule has 1 aromatic carbocycles. The normalized spacial score (nSPS) is 10.8. The largest absolute Gasteiger partial charge is 0.332 e. The highest BCUT2D eigenvalue weighted by atomic mass is 32.1. The van der Waals surface area contributed by atoms with E-state index in [1.807, 2.05) is 18.2 Å². The van der Waals surface area contributed by atoms with Crippen molar-refractivity contribution in [1.29, 1.82) is 0 Å². The van der Waals surface area contributed by atoms with E-state index in [0.29, 0.717) is 23.1 Å². The summed E-state index contributed by atoms with van der Waals surface area (Å²) < 4.78 is 2.02. The highest BCUT2D eigenvalue weighted by Gasteiger charge is 2.03. The minimum Gasteiger partial charge on any atom is -0.332 e. The standard InChI is InChI=1S/C12H12N2OS/c1-2-3-8-14-11(15)9-6-4-5-7-10(9)13-12(14)16/h1,4-7H,2-3,8H2,(H,13,16). The lowest BCUT2D eigenvalue weighted by molar-refractivity contribution is 0.614. The fourth-order valence-corrected chi connectivity index (χ4v) is 1.94. The predicted octanol–water partition coefficient (Wildman–Crippen LogP) is 2.55. The average Bonchev–Trinajstić information content (AvgIpc) is 2.29. The number of rotatable bonds is 3. The number of hydrogen-bond donors (Lipinski definition) is 1. The maximum absolute atomic E-state index is 12.1. The fourth-order valence-electron chi connectivity index (χ4n) is 1.65. The molecule has 2 rings (SSSR count). The Morgan fingerprint density at radius 3 is 2.88 bits per heavy atom. The van der Waals surface area contributed by atoms with Gasteiger partial charge in [0.05, 0.1) is 10.9 Å². The molecule has 1 N–H and O–H groups in total. The minimum atomic E-state index is -0.0483. The number of fused-ring (bicyclic) bond motifs is 1. The second-order valence-corrected chi connectivity index (χ2v) is 3.96. The van der Waals surface area contributed by atoms with Crippen LogP contribution in [0.4, 0.5) is 0 Å². The van der Waals surface area contributed by atoms with Crippen molar-refractivity contribution in [3.63, 3.8) is 0 Å². The Bertz CT molecular complexity index is 612. The number of para-hydroxylation sites is 1. The van der Waals surface area contributed by atoms with E-state index < -0.39 is 0 Å². The van der Waals surface area contributed by atoms with Crippen LogP contribution in [0.15, 0.2) is 29.1 Å². The van der Waals surface area contributed by atoms with Crippen LogP contribution < -0.4 is 5.56 Å². The van der Waals surface area contributed by atoms with Gasteiger partial charge in [0.25, 0.3) is 5.56 Å². The zero-order valence-electron chi connectivity index (χ0n) is 8.77. The Hall–Kier alpha value is -1.42. The summed E-state index contributed by atoms with van der Waals surface area (Å²) in [4.78, 5) is 15.1. The minimum absolute atomic E-state index is 0.0483. The zero-order valence-corrected chi connectivity index (χ0v) is 9.59. The first-order chi connectivity index (χ1) is 7.74. The molecular weight excluding hydrogens is 220 g/mol. The van der Waals surface area contributed by atoms with E-state index in [1.165, 1.54) is 0 Å².